The van der Waals surface area contributed by atoms with E-state index in [1.54, 1.807) is 0 Å². The molecule has 1 amide bonds. The second-order valence-electron chi connectivity index (χ2n) is 6.19. The molecule has 2 N–H and O–H groups in total. The highest BCUT2D eigenvalue weighted by molar-refractivity contribution is 5.79. The molecular formula is C18H28N2O. The maximum Gasteiger partial charge on any atom is 0.227 e. The molecule has 0 aliphatic heterocycles. The molecular weight excluding hydrogens is 260 g/mol. The molecule has 0 saturated heterocycles. The van der Waals surface area contributed by atoms with Crippen LogP contribution in [0.1, 0.15) is 49.7 Å². The van der Waals surface area contributed by atoms with Crippen LogP contribution < -0.4 is 5.73 Å². The third-order valence-corrected chi connectivity index (χ3v) is 4.38. The highest BCUT2D eigenvalue weighted by atomic mass is 16.2. The van der Waals surface area contributed by atoms with Crippen molar-refractivity contribution in [3.05, 3.63) is 35.4 Å². The fraction of sp³-hybridized carbons (Fsp3) is 0.611. The first kappa shape index (κ1) is 16.0. The second kappa shape index (κ2) is 8.18. The van der Waals surface area contributed by atoms with Crippen molar-refractivity contribution >= 4 is 5.91 Å². The fourth-order valence-corrected chi connectivity index (χ4v) is 3.26. The van der Waals surface area contributed by atoms with Gasteiger partial charge in [-0.3, -0.25) is 4.79 Å². The van der Waals surface area contributed by atoms with E-state index in [2.05, 4.69) is 24.0 Å². The Morgan fingerprint density at radius 2 is 2.05 bits per heavy atom. The minimum absolute atomic E-state index is 0.265. The summed E-state index contributed by atoms with van der Waals surface area (Å²) in [6.07, 6.45) is 7.55. The van der Waals surface area contributed by atoms with Gasteiger partial charge in [0.25, 0.3) is 0 Å². The number of nitrogens with two attached hydrogens (primary N) is 1. The van der Waals surface area contributed by atoms with E-state index < -0.39 is 0 Å². The summed E-state index contributed by atoms with van der Waals surface area (Å²) in [5.74, 6) is 0.265. The lowest BCUT2D eigenvalue weighted by Crippen LogP contribution is -2.43. The van der Waals surface area contributed by atoms with Gasteiger partial charge in [0.05, 0.1) is 6.42 Å². The molecule has 1 aliphatic carbocycles. The Balaban J connectivity index is 2.02. The number of hydrogen-bond acceptors (Lipinski definition) is 2. The molecule has 1 aromatic rings. The third kappa shape index (κ3) is 4.85. The predicted octanol–water partition coefficient (Wildman–Crippen LogP) is 3.05. The van der Waals surface area contributed by atoms with Gasteiger partial charge < -0.3 is 10.6 Å². The molecule has 1 fully saturated rings. The van der Waals surface area contributed by atoms with Gasteiger partial charge in [0.15, 0.2) is 0 Å². The molecule has 116 valence electrons. The minimum atomic E-state index is 0.265. The van der Waals surface area contributed by atoms with Crippen molar-refractivity contribution in [1.82, 2.24) is 4.90 Å². The first-order valence-electron chi connectivity index (χ1n) is 8.26. The summed E-state index contributed by atoms with van der Waals surface area (Å²) in [6.45, 7) is 3.54. The van der Waals surface area contributed by atoms with E-state index in [0.29, 0.717) is 19.0 Å². The Kier molecular flexibility index (Phi) is 6.24. The van der Waals surface area contributed by atoms with Crippen LogP contribution in [0.4, 0.5) is 0 Å². The largest absolute Gasteiger partial charge is 0.339 e. The van der Waals surface area contributed by atoms with Crippen LogP contribution in [0.2, 0.25) is 0 Å². The molecule has 0 bridgehead atoms. The van der Waals surface area contributed by atoms with Crippen LogP contribution in [0.5, 0.6) is 0 Å². The zero-order chi connectivity index (χ0) is 15.1. The standard InChI is InChI=1S/C18H28N2O/c1-15-7-5-8-16(13-15)14-18(21)20(12-6-11-19)17-9-3-2-4-10-17/h5,7-8,13,17H,2-4,6,9-12,14,19H2,1H3. The smallest absolute Gasteiger partial charge is 0.227 e. The average Bonchev–Trinajstić information content (AvgIpc) is 2.49. The van der Waals surface area contributed by atoms with Crippen LogP contribution in [-0.2, 0) is 11.2 Å². The van der Waals surface area contributed by atoms with Crippen molar-refractivity contribution in [2.75, 3.05) is 13.1 Å². The molecule has 0 radical (unpaired) electrons. The van der Waals surface area contributed by atoms with Gasteiger partial charge in [-0.15, -0.1) is 0 Å². The summed E-state index contributed by atoms with van der Waals surface area (Å²) in [6, 6.07) is 8.69. The van der Waals surface area contributed by atoms with Crippen molar-refractivity contribution < 1.29 is 4.79 Å². The maximum absolute atomic E-state index is 12.7. The van der Waals surface area contributed by atoms with Crippen molar-refractivity contribution in [3.8, 4) is 0 Å². The van der Waals surface area contributed by atoms with Crippen molar-refractivity contribution in [1.29, 1.82) is 0 Å². The van der Waals surface area contributed by atoms with Gasteiger partial charge in [-0.05, 0) is 38.3 Å². The van der Waals surface area contributed by atoms with Gasteiger partial charge in [-0.2, -0.15) is 0 Å². The van der Waals surface area contributed by atoms with Crippen LogP contribution in [0, 0.1) is 6.92 Å². The zero-order valence-electron chi connectivity index (χ0n) is 13.2. The highest BCUT2D eigenvalue weighted by Gasteiger charge is 2.24. The van der Waals surface area contributed by atoms with E-state index in [1.807, 2.05) is 12.1 Å². The van der Waals surface area contributed by atoms with Gasteiger partial charge in [0.1, 0.15) is 0 Å². The Morgan fingerprint density at radius 1 is 1.29 bits per heavy atom. The average molecular weight is 288 g/mol. The van der Waals surface area contributed by atoms with Gasteiger partial charge in [-0.1, -0.05) is 49.1 Å². The predicted molar refractivity (Wildman–Crippen MR) is 87.1 cm³/mol. The topological polar surface area (TPSA) is 46.3 Å². The molecule has 1 saturated carbocycles. The fourth-order valence-electron chi connectivity index (χ4n) is 3.26. The lowest BCUT2D eigenvalue weighted by Gasteiger charge is -2.34. The summed E-state index contributed by atoms with van der Waals surface area (Å²) >= 11 is 0. The molecule has 0 heterocycles. The van der Waals surface area contributed by atoms with Crippen molar-refractivity contribution in [2.45, 2.75) is 57.9 Å². The molecule has 0 aromatic heterocycles. The first-order chi connectivity index (χ1) is 10.2. The van der Waals surface area contributed by atoms with Gasteiger partial charge in [-0.25, -0.2) is 0 Å². The minimum Gasteiger partial charge on any atom is -0.339 e. The number of hydrogen-bond donors (Lipinski definition) is 1. The van der Waals surface area contributed by atoms with Gasteiger partial charge in [0, 0.05) is 12.6 Å². The lowest BCUT2D eigenvalue weighted by molar-refractivity contribution is -0.133. The van der Waals surface area contributed by atoms with E-state index >= 15 is 0 Å². The Morgan fingerprint density at radius 3 is 2.71 bits per heavy atom. The molecule has 3 nitrogen and oxygen atoms in total. The molecule has 21 heavy (non-hydrogen) atoms. The van der Waals surface area contributed by atoms with Crippen LogP contribution in [-0.4, -0.2) is 29.9 Å². The summed E-state index contributed by atoms with van der Waals surface area (Å²) in [5.41, 5.74) is 7.97. The summed E-state index contributed by atoms with van der Waals surface area (Å²) in [5, 5.41) is 0. The number of benzene rings is 1. The van der Waals surface area contributed by atoms with Crippen LogP contribution in [0.15, 0.2) is 24.3 Å². The quantitative estimate of drug-likeness (QED) is 0.874. The van der Waals surface area contributed by atoms with Gasteiger partial charge in [0.2, 0.25) is 5.91 Å². The molecule has 1 aliphatic rings. The first-order valence-corrected chi connectivity index (χ1v) is 8.26. The van der Waals surface area contributed by atoms with E-state index in [0.717, 1.165) is 31.4 Å². The van der Waals surface area contributed by atoms with Crippen LogP contribution in [0.25, 0.3) is 0 Å². The molecule has 2 rings (SSSR count). The normalized spacial score (nSPS) is 15.9. The number of aryl methyl sites for hydroxylation is 1. The SMILES string of the molecule is Cc1cccc(CC(=O)N(CCCN)C2CCCCC2)c1. The number of amides is 1. The third-order valence-electron chi connectivity index (χ3n) is 4.38. The monoisotopic (exact) mass is 288 g/mol. The molecule has 0 atom stereocenters. The molecule has 3 heteroatoms. The summed E-state index contributed by atoms with van der Waals surface area (Å²) in [7, 11) is 0. The van der Waals surface area contributed by atoms with E-state index in [-0.39, 0.29) is 5.91 Å². The van der Waals surface area contributed by atoms with Crippen LogP contribution >= 0.6 is 0 Å². The lowest BCUT2D eigenvalue weighted by atomic mass is 9.93. The number of rotatable bonds is 6. The molecule has 1 aromatic carbocycles. The number of nitrogens with zero attached hydrogens (tertiary/aromatic N) is 1. The maximum atomic E-state index is 12.7. The Bertz CT molecular complexity index is 452. The van der Waals surface area contributed by atoms with Gasteiger partial charge >= 0.3 is 0 Å². The van der Waals surface area contributed by atoms with Crippen molar-refractivity contribution in [2.24, 2.45) is 5.73 Å². The molecule has 0 unspecified atom stereocenters. The summed E-state index contributed by atoms with van der Waals surface area (Å²) < 4.78 is 0. The number of carbonyl (C=O) groups excluding carboxylic acids is 1. The Hall–Kier alpha value is -1.35. The van der Waals surface area contributed by atoms with Crippen LogP contribution in [0.3, 0.4) is 0 Å². The summed E-state index contributed by atoms with van der Waals surface area (Å²) in [4.78, 5) is 14.8. The Labute approximate surface area is 128 Å². The number of carbonyl (C=O) groups is 1. The second-order valence-corrected chi connectivity index (χ2v) is 6.19. The van der Waals surface area contributed by atoms with Crippen molar-refractivity contribution in [3.63, 3.8) is 0 Å². The highest BCUT2D eigenvalue weighted by Crippen LogP contribution is 2.23. The molecule has 0 spiro atoms. The van der Waals surface area contributed by atoms with E-state index in [4.69, 9.17) is 5.73 Å². The zero-order valence-corrected chi connectivity index (χ0v) is 13.2. The van der Waals surface area contributed by atoms with E-state index in [9.17, 15) is 4.79 Å². The van der Waals surface area contributed by atoms with E-state index in [1.165, 1.54) is 24.8 Å².